The van der Waals surface area contributed by atoms with E-state index in [4.69, 9.17) is 5.11 Å². The molecular weight excluding hydrogens is 356 g/mol. The summed E-state index contributed by atoms with van der Waals surface area (Å²) in [7, 11) is 0. The van der Waals surface area contributed by atoms with Crippen LogP contribution in [0.1, 0.15) is 18.4 Å². The van der Waals surface area contributed by atoms with Crippen molar-refractivity contribution in [3.63, 3.8) is 0 Å². The second-order valence-corrected chi connectivity index (χ2v) is 6.33. The predicted molar refractivity (Wildman–Crippen MR) is 108 cm³/mol. The Bertz CT molecular complexity index is 816. The lowest BCUT2D eigenvalue weighted by atomic mass is 10.00. The molecule has 2 rings (SSSR count). The lowest BCUT2D eigenvalue weighted by molar-refractivity contribution is -0.138. The van der Waals surface area contributed by atoms with E-state index in [2.05, 4.69) is 17.2 Å². The molecule has 2 aromatic carbocycles. The molecule has 0 radical (unpaired) electrons. The van der Waals surface area contributed by atoms with E-state index in [0.717, 1.165) is 16.7 Å². The molecule has 0 aliphatic rings. The fraction of sp³-hybridized carbons (Fsp3) is 0.227. The molecule has 0 heterocycles. The predicted octanol–water partition coefficient (Wildman–Crippen LogP) is 2.55. The quantitative estimate of drug-likeness (QED) is 0.552. The maximum absolute atomic E-state index is 12.3. The summed E-state index contributed by atoms with van der Waals surface area (Å²) in [5, 5.41) is 13.8. The number of hydrogen-bond acceptors (Lipinski definition) is 3. The van der Waals surface area contributed by atoms with Crippen molar-refractivity contribution in [3.05, 3.63) is 72.8 Å². The van der Waals surface area contributed by atoms with Gasteiger partial charge in [0.15, 0.2) is 0 Å². The normalized spacial score (nSPS) is 11.3. The van der Waals surface area contributed by atoms with Gasteiger partial charge in [-0.15, -0.1) is 6.58 Å². The number of carbonyl (C=O) groups excluding carboxylic acids is 2. The highest BCUT2D eigenvalue weighted by atomic mass is 16.4. The molecule has 0 bridgehead atoms. The number of carboxylic acid groups (broad SMARTS) is 1. The van der Waals surface area contributed by atoms with Crippen LogP contribution in [0.2, 0.25) is 0 Å². The molecule has 0 unspecified atom stereocenters. The first kappa shape index (κ1) is 20.9. The largest absolute Gasteiger partial charge is 0.480 e. The Morgan fingerprint density at radius 1 is 1.00 bits per heavy atom. The van der Waals surface area contributed by atoms with Gasteiger partial charge in [0.2, 0.25) is 11.8 Å². The Balaban J connectivity index is 2.09. The van der Waals surface area contributed by atoms with Gasteiger partial charge in [0.05, 0.1) is 0 Å². The Morgan fingerprint density at radius 2 is 1.64 bits per heavy atom. The van der Waals surface area contributed by atoms with Crippen molar-refractivity contribution >= 4 is 17.8 Å². The molecular formula is C22H24N2O4. The molecule has 28 heavy (non-hydrogen) atoms. The van der Waals surface area contributed by atoms with Gasteiger partial charge in [-0.05, 0) is 23.1 Å². The fourth-order valence-corrected chi connectivity index (χ4v) is 2.69. The molecule has 0 saturated carbocycles. The van der Waals surface area contributed by atoms with Gasteiger partial charge in [-0.25, -0.2) is 0 Å². The molecule has 0 aliphatic heterocycles. The van der Waals surface area contributed by atoms with Crippen LogP contribution in [0.4, 0.5) is 0 Å². The van der Waals surface area contributed by atoms with Gasteiger partial charge >= 0.3 is 5.97 Å². The van der Waals surface area contributed by atoms with Crippen LogP contribution >= 0.6 is 0 Å². The van der Waals surface area contributed by atoms with Crippen LogP contribution in [-0.4, -0.2) is 35.5 Å². The SMILES string of the molecule is C=CCCC(=O)N[C@@H](Cc1ccc(-c2ccccc2)cc1)C(=O)NCC(=O)O. The van der Waals surface area contributed by atoms with Crippen LogP contribution in [0.25, 0.3) is 11.1 Å². The van der Waals surface area contributed by atoms with Crippen molar-refractivity contribution in [2.75, 3.05) is 6.54 Å². The number of hydrogen-bond donors (Lipinski definition) is 3. The molecule has 0 saturated heterocycles. The maximum Gasteiger partial charge on any atom is 0.322 e. The minimum atomic E-state index is -1.14. The third-order valence-corrected chi connectivity index (χ3v) is 4.14. The Kier molecular flexibility index (Phi) is 7.96. The highest BCUT2D eigenvalue weighted by Gasteiger charge is 2.21. The van der Waals surface area contributed by atoms with Gasteiger partial charge < -0.3 is 15.7 Å². The van der Waals surface area contributed by atoms with Crippen LogP contribution in [0.5, 0.6) is 0 Å². The topological polar surface area (TPSA) is 95.5 Å². The van der Waals surface area contributed by atoms with Gasteiger partial charge in [-0.2, -0.15) is 0 Å². The van der Waals surface area contributed by atoms with Crippen molar-refractivity contribution in [2.45, 2.75) is 25.3 Å². The number of amides is 2. The number of aliphatic carboxylic acids is 1. The van der Waals surface area contributed by atoms with Crippen LogP contribution in [0.15, 0.2) is 67.3 Å². The number of allylic oxidation sites excluding steroid dienone is 1. The van der Waals surface area contributed by atoms with Crippen LogP contribution in [0.3, 0.4) is 0 Å². The summed E-state index contributed by atoms with van der Waals surface area (Å²) in [6.07, 6.45) is 2.61. The van der Waals surface area contributed by atoms with Crippen molar-refractivity contribution < 1.29 is 19.5 Å². The minimum absolute atomic E-state index is 0.221. The summed E-state index contributed by atoms with van der Waals surface area (Å²) in [6, 6.07) is 16.8. The first-order valence-electron chi connectivity index (χ1n) is 9.03. The second-order valence-electron chi connectivity index (χ2n) is 6.33. The van der Waals surface area contributed by atoms with E-state index in [1.807, 2.05) is 54.6 Å². The van der Waals surface area contributed by atoms with Gasteiger partial charge in [0.25, 0.3) is 0 Å². The molecule has 0 fully saturated rings. The Labute approximate surface area is 164 Å². The van der Waals surface area contributed by atoms with Crippen LogP contribution in [-0.2, 0) is 20.8 Å². The van der Waals surface area contributed by atoms with Crippen molar-refractivity contribution in [1.29, 1.82) is 0 Å². The van der Waals surface area contributed by atoms with Crippen molar-refractivity contribution in [3.8, 4) is 11.1 Å². The zero-order valence-corrected chi connectivity index (χ0v) is 15.6. The van der Waals surface area contributed by atoms with E-state index in [1.165, 1.54) is 0 Å². The maximum atomic E-state index is 12.3. The molecule has 0 aliphatic carbocycles. The first-order valence-corrected chi connectivity index (χ1v) is 9.03. The Morgan fingerprint density at radius 3 is 2.25 bits per heavy atom. The van der Waals surface area contributed by atoms with Gasteiger partial charge in [-0.1, -0.05) is 60.7 Å². The second kappa shape index (κ2) is 10.7. The van der Waals surface area contributed by atoms with E-state index >= 15 is 0 Å². The van der Waals surface area contributed by atoms with E-state index in [-0.39, 0.29) is 18.7 Å². The average Bonchev–Trinajstić information content (AvgIpc) is 2.71. The van der Waals surface area contributed by atoms with Crippen molar-refractivity contribution in [1.82, 2.24) is 10.6 Å². The van der Waals surface area contributed by atoms with Gasteiger partial charge in [0.1, 0.15) is 12.6 Å². The van der Waals surface area contributed by atoms with E-state index in [0.29, 0.717) is 6.42 Å². The third-order valence-electron chi connectivity index (χ3n) is 4.14. The summed E-state index contributed by atoms with van der Waals surface area (Å²) in [4.78, 5) is 35.1. The zero-order valence-electron chi connectivity index (χ0n) is 15.6. The third kappa shape index (κ3) is 6.72. The van der Waals surface area contributed by atoms with Gasteiger partial charge in [0, 0.05) is 12.8 Å². The number of carbonyl (C=O) groups is 3. The molecule has 1 atom stereocenters. The minimum Gasteiger partial charge on any atom is -0.480 e. The molecule has 2 aromatic rings. The number of carboxylic acids is 1. The monoisotopic (exact) mass is 380 g/mol. The standard InChI is InChI=1S/C22H24N2O4/c1-2-3-9-20(25)24-19(22(28)23-15-21(26)27)14-16-10-12-18(13-11-16)17-7-5-4-6-8-17/h2,4-8,10-13,19H,1,3,9,14-15H2,(H,23,28)(H,24,25)(H,26,27)/t19-/m0/s1. The first-order chi connectivity index (χ1) is 13.5. The summed E-state index contributed by atoms with van der Waals surface area (Å²) < 4.78 is 0. The Hall–Kier alpha value is -3.41. The smallest absolute Gasteiger partial charge is 0.322 e. The summed E-state index contributed by atoms with van der Waals surface area (Å²) >= 11 is 0. The molecule has 0 aromatic heterocycles. The summed E-state index contributed by atoms with van der Waals surface area (Å²) in [5.41, 5.74) is 2.99. The lowest BCUT2D eigenvalue weighted by Gasteiger charge is -2.18. The zero-order chi connectivity index (χ0) is 20.4. The number of benzene rings is 2. The van der Waals surface area contributed by atoms with Crippen molar-refractivity contribution in [2.24, 2.45) is 0 Å². The van der Waals surface area contributed by atoms with Crippen LogP contribution in [0, 0.1) is 0 Å². The highest BCUT2D eigenvalue weighted by Crippen LogP contribution is 2.19. The fourth-order valence-electron chi connectivity index (χ4n) is 2.69. The van der Waals surface area contributed by atoms with Crippen LogP contribution < -0.4 is 10.6 Å². The molecule has 2 amide bonds. The molecule has 146 valence electrons. The lowest BCUT2D eigenvalue weighted by Crippen LogP contribution is -2.49. The van der Waals surface area contributed by atoms with Gasteiger partial charge in [-0.3, -0.25) is 14.4 Å². The van der Waals surface area contributed by atoms with E-state index < -0.39 is 24.5 Å². The van der Waals surface area contributed by atoms with E-state index in [9.17, 15) is 14.4 Å². The summed E-state index contributed by atoms with van der Waals surface area (Å²) in [5.74, 6) is -1.95. The highest BCUT2D eigenvalue weighted by molar-refractivity contribution is 5.89. The summed E-state index contributed by atoms with van der Waals surface area (Å²) in [6.45, 7) is 3.08. The number of nitrogens with one attached hydrogen (secondary N) is 2. The molecule has 6 heteroatoms. The average molecular weight is 380 g/mol. The molecule has 3 N–H and O–H groups in total. The number of rotatable bonds is 10. The molecule has 0 spiro atoms. The molecule has 6 nitrogen and oxygen atoms in total. The van der Waals surface area contributed by atoms with E-state index in [1.54, 1.807) is 6.08 Å².